The van der Waals surface area contributed by atoms with E-state index in [-0.39, 0.29) is 0 Å². The molecule has 4 bridgehead atoms. The average molecular weight is 223 g/mol. The molecule has 0 aromatic heterocycles. The van der Waals surface area contributed by atoms with Gasteiger partial charge in [0.25, 0.3) is 0 Å². The number of fused-ring (bicyclic) bond motifs is 4. The fourth-order valence-electron chi connectivity index (χ4n) is 3.94. The predicted octanol–water partition coefficient (Wildman–Crippen LogP) is 0.763. The molecule has 4 rings (SSSR count). The third-order valence-electron chi connectivity index (χ3n) is 5.01. The third-order valence-corrected chi connectivity index (χ3v) is 5.01. The van der Waals surface area contributed by atoms with Crippen LogP contribution >= 0.6 is 0 Å². The molecule has 0 radical (unpaired) electrons. The zero-order valence-corrected chi connectivity index (χ0v) is 10.7. The Morgan fingerprint density at radius 2 is 1.75 bits per heavy atom. The van der Waals surface area contributed by atoms with E-state index in [1.54, 1.807) is 0 Å². The Bertz CT molecular complexity index is 226. The Balaban J connectivity index is 0.000000101. The van der Waals surface area contributed by atoms with E-state index in [1.165, 1.54) is 45.3 Å². The Labute approximate surface area is 99.2 Å². The fraction of sp³-hybridized carbons (Fsp3) is 1.00. The third kappa shape index (κ3) is 2.01. The number of piperazine rings is 1. The van der Waals surface area contributed by atoms with Gasteiger partial charge in [-0.2, -0.15) is 0 Å². The minimum Gasteiger partial charge on any atom is -0.311 e. The molecule has 3 saturated heterocycles. The first-order valence-electron chi connectivity index (χ1n) is 6.86. The van der Waals surface area contributed by atoms with Gasteiger partial charge in [0.1, 0.15) is 0 Å². The summed E-state index contributed by atoms with van der Waals surface area (Å²) in [7, 11) is 4.47. The summed E-state index contributed by atoms with van der Waals surface area (Å²) in [5, 5.41) is 3.44. The largest absolute Gasteiger partial charge is 0.311 e. The van der Waals surface area contributed by atoms with E-state index < -0.39 is 0 Å². The number of rotatable bonds is 0. The quantitative estimate of drug-likeness (QED) is 0.654. The molecule has 0 aromatic carbocycles. The van der Waals surface area contributed by atoms with Crippen molar-refractivity contribution in [3.63, 3.8) is 0 Å². The van der Waals surface area contributed by atoms with Crippen molar-refractivity contribution in [1.82, 2.24) is 15.1 Å². The molecule has 3 heterocycles. The average Bonchev–Trinajstić information content (AvgIpc) is 2.94. The van der Waals surface area contributed by atoms with Crippen molar-refractivity contribution in [1.29, 1.82) is 0 Å². The number of likely N-dealkylation sites (tertiary alicyclic amines) is 2. The molecule has 1 N–H and O–H groups in total. The van der Waals surface area contributed by atoms with Gasteiger partial charge in [-0.05, 0) is 45.7 Å². The lowest BCUT2D eigenvalue weighted by Crippen LogP contribution is -2.41. The molecule has 0 aromatic rings. The van der Waals surface area contributed by atoms with E-state index in [1.807, 2.05) is 0 Å². The van der Waals surface area contributed by atoms with Crippen LogP contribution in [0.25, 0.3) is 0 Å². The lowest BCUT2D eigenvalue weighted by Gasteiger charge is -2.21. The van der Waals surface area contributed by atoms with Crippen LogP contribution in [0.5, 0.6) is 0 Å². The second-order valence-corrected chi connectivity index (χ2v) is 6.21. The summed E-state index contributed by atoms with van der Waals surface area (Å²) in [5.74, 6) is 1.07. The van der Waals surface area contributed by atoms with Gasteiger partial charge in [0.05, 0.1) is 0 Å². The summed E-state index contributed by atoms with van der Waals surface area (Å²) in [5.41, 5.74) is 0. The Kier molecular flexibility index (Phi) is 2.94. The monoisotopic (exact) mass is 223 g/mol. The Morgan fingerprint density at radius 1 is 0.938 bits per heavy atom. The van der Waals surface area contributed by atoms with Crippen LogP contribution < -0.4 is 5.32 Å². The summed E-state index contributed by atoms with van der Waals surface area (Å²) < 4.78 is 0. The fourth-order valence-corrected chi connectivity index (χ4v) is 3.94. The second kappa shape index (κ2) is 4.28. The molecular formula is C13H25N3. The molecule has 16 heavy (non-hydrogen) atoms. The van der Waals surface area contributed by atoms with Gasteiger partial charge in [0.15, 0.2) is 0 Å². The van der Waals surface area contributed by atoms with E-state index in [9.17, 15) is 0 Å². The van der Waals surface area contributed by atoms with Crippen molar-refractivity contribution < 1.29 is 0 Å². The molecular weight excluding hydrogens is 198 g/mol. The summed E-state index contributed by atoms with van der Waals surface area (Å²) >= 11 is 0. The molecule has 3 heteroatoms. The Morgan fingerprint density at radius 3 is 2.00 bits per heavy atom. The first-order chi connectivity index (χ1) is 7.72. The Hall–Kier alpha value is -0.120. The van der Waals surface area contributed by atoms with Crippen LogP contribution in [-0.4, -0.2) is 61.7 Å². The van der Waals surface area contributed by atoms with Crippen molar-refractivity contribution in [2.45, 2.75) is 43.8 Å². The molecule has 0 amide bonds. The molecule has 1 aliphatic carbocycles. The zero-order valence-electron chi connectivity index (χ0n) is 10.7. The molecule has 1 saturated carbocycles. The van der Waals surface area contributed by atoms with Crippen LogP contribution in [0, 0.1) is 5.92 Å². The highest BCUT2D eigenvalue weighted by molar-refractivity contribution is 4.95. The van der Waals surface area contributed by atoms with Crippen molar-refractivity contribution in [2.75, 3.05) is 33.7 Å². The maximum absolute atomic E-state index is 3.44. The lowest BCUT2D eigenvalue weighted by atomic mass is 10.1. The summed E-state index contributed by atoms with van der Waals surface area (Å²) in [6, 6.07) is 2.66. The van der Waals surface area contributed by atoms with Crippen molar-refractivity contribution in [3.05, 3.63) is 0 Å². The number of nitrogens with zero attached hydrogens (tertiary/aromatic N) is 2. The lowest BCUT2D eigenvalue weighted by molar-refractivity contribution is 0.261. The van der Waals surface area contributed by atoms with Gasteiger partial charge in [-0.1, -0.05) is 0 Å². The van der Waals surface area contributed by atoms with Crippen molar-refractivity contribution in [2.24, 2.45) is 5.92 Å². The van der Waals surface area contributed by atoms with Gasteiger partial charge < -0.3 is 15.1 Å². The van der Waals surface area contributed by atoms with Gasteiger partial charge in [-0.25, -0.2) is 0 Å². The summed E-state index contributed by atoms with van der Waals surface area (Å²) in [4.78, 5) is 4.95. The van der Waals surface area contributed by atoms with Gasteiger partial charge in [-0.15, -0.1) is 0 Å². The maximum Gasteiger partial charge on any atom is 0.0233 e. The first-order valence-corrected chi connectivity index (χ1v) is 6.86. The molecule has 92 valence electrons. The smallest absolute Gasteiger partial charge is 0.0233 e. The number of hydrogen-bond donors (Lipinski definition) is 1. The van der Waals surface area contributed by atoms with E-state index >= 15 is 0 Å². The molecule has 3 nitrogen and oxygen atoms in total. The van der Waals surface area contributed by atoms with E-state index in [0.29, 0.717) is 0 Å². The molecule has 0 spiro atoms. The molecule has 4 fully saturated rings. The van der Waals surface area contributed by atoms with Gasteiger partial charge in [0.2, 0.25) is 0 Å². The molecule has 3 aliphatic heterocycles. The van der Waals surface area contributed by atoms with Crippen LogP contribution in [-0.2, 0) is 0 Å². The highest BCUT2D eigenvalue weighted by Crippen LogP contribution is 2.35. The summed E-state index contributed by atoms with van der Waals surface area (Å²) in [6.07, 6.45) is 5.86. The molecule has 4 aliphatic rings. The van der Waals surface area contributed by atoms with E-state index in [2.05, 4.69) is 29.2 Å². The topological polar surface area (TPSA) is 18.5 Å². The van der Waals surface area contributed by atoms with Crippen molar-refractivity contribution >= 4 is 0 Å². The maximum atomic E-state index is 3.44. The highest BCUT2D eigenvalue weighted by atomic mass is 15.3. The summed E-state index contributed by atoms with van der Waals surface area (Å²) in [6.45, 7) is 3.87. The molecule has 4 atom stereocenters. The van der Waals surface area contributed by atoms with Crippen molar-refractivity contribution in [3.8, 4) is 0 Å². The number of piperidine rings is 1. The minimum atomic E-state index is 0.824. The standard InChI is InChI=1S/C7H13N.C6H12N2/c1-8-5-6-2-3-7(8)4-6;1-8-4-5-2-6(8)3-7-5/h6-7H,2-5H2,1H3;5-7H,2-4H2,1H3. The van der Waals surface area contributed by atoms with E-state index in [0.717, 1.165) is 24.0 Å². The van der Waals surface area contributed by atoms with Crippen LogP contribution in [0.15, 0.2) is 0 Å². The van der Waals surface area contributed by atoms with Crippen LogP contribution in [0.2, 0.25) is 0 Å². The van der Waals surface area contributed by atoms with Crippen LogP contribution in [0.1, 0.15) is 25.7 Å². The van der Waals surface area contributed by atoms with Crippen LogP contribution in [0.3, 0.4) is 0 Å². The molecule has 4 unspecified atom stereocenters. The van der Waals surface area contributed by atoms with Gasteiger partial charge in [0, 0.05) is 37.8 Å². The van der Waals surface area contributed by atoms with Gasteiger partial charge in [-0.3, -0.25) is 0 Å². The first kappa shape index (κ1) is 11.0. The number of likely N-dealkylation sites (N-methyl/N-ethyl adjacent to an activating group) is 1. The number of hydrogen-bond acceptors (Lipinski definition) is 3. The van der Waals surface area contributed by atoms with Crippen LogP contribution in [0.4, 0.5) is 0 Å². The predicted molar refractivity (Wildman–Crippen MR) is 66.6 cm³/mol. The highest BCUT2D eigenvalue weighted by Gasteiger charge is 2.35. The minimum absolute atomic E-state index is 0.824. The SMILES string of the molecule is CN1CC2CC1CN2.CN1CC2CCC1C2. The van der Waals surface area contributed by atoms with Gasteiger partial charge >= 0.3 is 0 Å². The second-order valence-electron chi connectivity index (χ2n) is 6.21. The van der Waals surface area contributed by atoms with E-state index in [4.69, 9.17) is 0 Å². The number of nitrogens with one attached hydrogen (secondary N) is 1. The normalized spacial score (nSPS) is 46.1. The zero-order chi connectivity index (χ0) is 11.1.